The lowest BCUT2D eigenvalue weighted by molar-refractivity contribution is 0.959. The molecule has 0 aromatic heterocycles. The highest BCUT2D eigenvalue weighted by molar-refractivity contribution is 7.78. The standard InChI is InChI=1S/C10H8Cl2N4S.ClH/c11-7-3-6(15-5-17)4-8(12)9(7)16-10-13-1-2-14-10;/h3-4H,1-2H2,(H2,13,14,16);1H. The highest BCUT2D eigenvalue weighted by Gasteiger charge is 2.12. The van der Waals surface area contributed by atoms with Crippen molar-refractivity contribution >= 4 is 70.3 Å². The number of guanidine groups is 1. The first kappa shape index (κ1) is 15.2. The quantitative estimate of drug-likeness (QED) is 0.647. The van der Waals surface area contributed by atoms with E-state index < -0.39 is 0 Å². The van der Waals surface area contributed by atoms with Crippen LogP contribution in [-0.4, -0.2) is 24.2 Å². The van der Waals surface area contributed by atoms with Crippen LogP contribution in [0, 0.1) is 0 Å². The molecule has 1 aliphatic rings. The Balaban J connectivity index is 0.00000162. The number of benzene rings is 1. The first-order valence-corrected chi connectivity index (χ1v) is 5.99. The smallest absolute Gasteiger partial charge is 0.196 e. The topological polar surface area (TPSA) is 48.8 Å². The molecule has 0 aliphatic carbocycles. The summed E-state index contributed by atoms with van der Waals surface area (Å²) in [5, 5.41) is 9.28. The third-order valence-corrected chi connectivity index (χ3v) is 2.81. The van der Waals surface area contributed by atoms with E-state index >= 15 is 0 Å². The van der Waals surface area contributed by atoms with Gasteiger partial charge in [-0.3, -0.25) is 4.99 Å². The van der Waals surface area contributed by atoms with Crippen molar-refractivity contribution in [2.45, 2.75) is 0 Å². The van der Waals surface area contributed by atoms with E-state index in [0.717, 1.165) is 13.1 Å². The van der Waals surface area contributed by atoms with Gasteiger partial charge in [-0.25, -0.2) is 0 Å². The number of nitrogens with zero attached hydrogens (tertiary/aromatic N) is 2. The molecule has 96 valence electrons. The van der Waals surface area contributed by atoms with Gasteiger partial charge in [-0.1, -0.05) is 23.2 Å². The molecule has 0 amide bonds. The number of aliphatic imine (C=N–C) groups is 2. The molecule has 8 heteroatoms. The summed E-state index contributed by atoms with van der Waals surface area (Å²) in [5.74, 6) is 0.667. The summed E-state index contributed by atoms with van der Waals surface area (Å²) in [7, 11) is 0. The minimum atomic E-state index is 0. The average Bonchev–Trinajstić information content (AvgIpc) is 2.76. The highest BCUT2D eigenvalue weighted by atomic mass is 35.5. The van der Waals surface area contributed by atoms with Crippen LogP contribution < -0.4 is 10.6 Å². The van der Waals surface area contributed by atoms with Crippen LogP contribution in [0.3, 0.4) is 0 Å². The second kappa shape index (κ2) is 6.92. The predicted octanol–water partition coefficient (Wildman–Crippen LogP) is 3.52. The van der Waals surface area contributed by atoms with Gasteiger partial charge in [0, 0.05) is 6.54 Å². The van der Waals surface area contributed by atoms with Crippen LogP contribution in [0.5, 0.6) is 0 Å². The molecule has 0 unspecified atom stereocenters. The molecule has 1 aromatic carbocycles. The fourth-order valence-corrected chi connectivity index (χ4v) is 2.07. The van der Waals surface area contributed by atoms with Gasteiger partial charge in [0.1, 0.15) is 0 Å². The Hall–Kier alpha value is -0.840. The molecular formula is C10H9Cl3N4S. The summed E-state index contributed by atoms with van der Waals surface area (Å²) in [6.45, 7) is 1.55. The highest BCUT2D eigenvalue weighted by Crippen LogP contribution is 2.34. The predicted molar refractivity (Wildman–Crippen MR) is 82.3 cm³/mol. The van der Waals surface area contributed by atoms with Crippen LogP contribution in [0.15, 0.2) is 22.1 Å². The van der Waals surface area contributed by atoms with Crippen LogP contribution in [0.25, 0.3) is 0 Å². The van der Waals surface area contributed by atoms with Crippen molar-refractivity contribution < 1.29 is 0 Å². The van der Waals surface area contributed by atoms with E-state index in [1.165, 1.54) is 0 Å². The second-order valence-corrected chi connectivity index (χ2v) is 4.27. The van der Waals surface area contributed by atoms with E-state index in [2.05, 4.69) is 38.0 Å². The molecule has 0 bridgehead atoms. The molecule has 0 fully saturated rings. The van der Waals surface area contributed by atoms with E-state index in [1.54, 1.807) is 12.1 Å². The van der Waals surface area contributed by atoms with Crippen LogP contribution in [-0.2, 0) is 0 Å². The van der Waals surface area contributed by atoms with E-state index in [4.69, 9.17) is 23.2 Å². The number of hydrogen-bond acceptors (Lipinski definition) is 5. The summed E-state index contributed by atoms with van der Waals surface area (Å²) in [6.07, 6.45) is 0. The van der Waals surface area contributed by atoms with E-state index in [9.17, 15) is 0 Å². The molecule has 0 radical (unpaired) electrons. The van der Waals surface area contributed by atoms with Gasteiger partial charge < -0.3 is 10.6 Å². The van der Waals surface area contributed by atoms with E-state index in [-0.39, 0.29) is 12.4 Å². The fraction of sp³-hybridized carbons (Fsp3) is 0.200. The van der Waals surface area contributed by atoms with Crippen molar-refractivity contribution in [1.82, 2.24) is 5.32 Å². The van der Waals surface area contributed by atoms with Gasteiger partial charge in [0.2, 0.25) is 0 Å². The van der Waals surface area contributed by atoms with Crippen LogP contribution in [0.1, 0.15) is 0 Å². The normalized spacial score (nSPS) is 12.9. The maximum absolute atomic E-state index is 6.10. The van der Waals surface area contributed by atoms with Gasteiger partial charge in [0.15, 0.2) is 5.96 Å². The lowest BCUT2D eigenvalue weighted by Gasteiger charge is -2.10. The zero-order chi connectivity index (χ0) is 12.3. The van der Waals surface area contributed by atoms with Crippen LogP contribution >= 0.6 is 47.8 Å². The van der Waals surface area contributed by atoms with Crippen LogP contribution in [0.2, 0.25) is 10.0 Å². The Bertz CT molecular complexity index is 503. The number of isothiocyanates is 1. The largest absolute Gasteiger partial charge is 0.354 e. The Kier molecular flexibility index (Phi) is 5.85. The molecule has 0 spiro atoms. The van der Waals surface area contributed by atoms with Crippen molar-refractivity contribution in [3.05, 3.63) is 22.2 Å². The Morgan fingerprint density at radius 3 is 2.56 bits per heavy atom. The molecule has 0 saturated heterocycles. The first-order valence-electron chi connectivity index (χ1n) is 4.83. The minimum Gasteiger partial charge on any atom is -0.354 e. The maximum Gasteiger partial charge on any atom is 0.196 e. The Morgan fingerprint density at radius 1 is 1.39 bits per heavy atom. The zero-order valence-corrected chi connectivity index (χ0v) is 12.2. The van der Waals surface area contributed by atoms with Crippen molar-refractivity contribution in [2.24, 2.45) is 9.98 Å². The van der Waals surface area contributed by atoms with Gasteiger partial charge in [-0.2, -0.15) is 4.99 Å². The maximum atomic E-state index is 6.10. The number of anilines is 1. The summed E-state index contributed by atoms with van der Waals surface area (Å²) in [5.41, 5.74) is 1.17. The van der Waals surface area contributed by atoms with Crippen molar-refractivity contribution in [1.29, 1.82) is 0 Å². The molecule has 0 saturated carbocycles. The van der Waals surface area contributed by atoms with E-state index in [0.29, 0.717) is 27.4 Å². The summed E-state index contributed by atoms with van der Waals surface area (Å²) >= 11 is 16.7. The molecule has 18 heavy (non-hydrogen) atoms. The third kappa shape index (κ3) is 3.57. The number of nitrogens with one attached hydrogen (secondary N) is 2. The minimum absolute atomic E-state index is 0. The summed E-state index contributed by atoms with van der Waals surface area (Å²) < 4.78 is 0. The Morgan fingerprint density at radius 2 is 2.06 bits per heavy atom. The van der Waals surface area contributed by atoms with Gasteiger partial charge >= 0.3 is 0 Å². The molecule has 0 atom stereocenters. The van der Waals surface area contributed by atoms with Crippen LogP contribution in [0.4, 0.5) is 11.4 Å². The molecule has 2 N–H and O–H groups in total. The van der Waals surface area contributed by atoms with Gasteiger partial charge in [0.25, 0.3) is 0 Å². The number of rotatable bonds is 2. The first-order chi connectivity index (χ1) is 8.20. The average molecular weight is 324 g/mol. The molecule has 1 aliphatic heterocycles. The summed E-state index contributed by atoms with van der Waals surface area (Å²) in [6, 6.07) is 3.31. The molecule has 2 rings (SSSR count). The lowest BCUT2D eigenvalue weighted by Crippen LogP contribution is -2.26. The van der Waals surface area contributed by atoms with Gasteiger partial charge in [-0.15, -0.1) is 12.4 Å². The monoisotopic (exact) mass is 322 g/mol. The molecule has 1 aromatic rings. The second-order valence-electron chi connectivity index (χ2n) is 3.27. The summed E-state index contributed by atoms with van der Waals surface area (Å²) in [4.78, 5) is 8.02. The number of hydrogen-bond donors (Lipinski definition) is 2. The number of thiocarbonyl (C=S) groups is 1. The SMILES string of the molecule is Cl.S=C=Nc1cc(Cl)c(NC2=NCCN2)c(Cl)c1. The third-order valence-electron chi connectivity index (χ3n) is 2.12. The zero-order valence-electron chi connectivity index (χ0n) is 9.04. The Labute approximate surface area is 126 Å². The van der Waals surface area contributed by atoms with Crippen molar-refractivity contribution in [3.63, 3.8) is 0 Å². The molecule has 4 nitrogen and oxygen atoms in total. The van der Waals surface area contributed by atoms with Gasteiger partial charge in [0.05, 0.1) is 33.1 Å². The van der Waals surface area contributed by atoms with Crippen molar-refractivity contribution in [2.75, 3.05) is 18.4 Å². The fourth-order valence-electron chi connectivity index (χ4n) is 1.40. The molecule has 1 heterocycles. The van der Waals surface area contributed by atoms with Gasteiger partial charge in [-0.05, 0) is 24.4 Å². The van der Waals surface area contributed by atoms with Crippen molar-refractivity contribution in [3.8, 4) is 0 Å². The lowest BCUT2D eigenvalue weighted by atomic mass is 10.3. The van der Waals surface area contributed by atoms with E-state index in [1.807, 2.05) is 0 Å². The molecular weight excluding hydrogens is 315 g/mol. The number of halogens is 3.